The van der Waals surface area contributed by atoms with Gasteiger partial charge in [-0.3, -0.25) is 4.79 Å². The SMILES string of the molecule is CC(C)(C)OC(=O)NCCSCC(=O)Nc1ccc(Br)cn1. The van der Waals surface area contributed by atoms with Crippen LogP contribution >= 0.6 is 27.7 Å². The minimum atomic E-state index is -0.505. The Hall–Kier alpha value is -1.28. The third kappa shape index (κ3) is 8.89. The number of carbonyl (C=O) groups excluding carboxylic acids is 2. The molecule has 1 aromatic rings. The second-order valence-electron chi connectivity index (χ2n) is 5.39. The molecular weight excluding hydrogens is 370 g/mol. The van der Waals surface area contributed by atoms with E-state index >= 15 is 0 Å². The van der Waals surface area contributed by atoms with E-state index in [0.29, 0.717) is 23.9 Å². The molecule has 0 aromatic carbocycles. The van der Waals surface area contributed by atoms with Gasteiger partial charge in [-0.1, -0.05) is 0 Å². The average Bonchev–Trinajstić information content (AvgIpc) is 2.39. The molecule has 0 spiro atoms. The Morgan fingerprint density at radius 3 is 2.68 bits per heavy atom. The normalized spacial score (nSPS) is 10.9. The van der Waals surface area contributed by atoms with Gasteiger partial charge in [0.05, 0.1) is 5.75 Å². The second-order valence-corrected chi connectivity index (χ2v) is 7.41. The maximum absolute atomic E-state index is 11.7. The summed E-state index contributed by atoms with van der Waals surface area (Å²) in [6, 6.07) is 3.53. The lowest BCUT2D eigenvalue weighted by Crippen LogP contribution is -2.33. The molecule has 0 radical (unpaired) electrons. The Balaban J connectivity index is 2.13. The van der Waals surface area contributed by atoms with Crippen LogP contribution in [-0.2, 0) is 9.53 Å². The number of ether oxygens (including phenoxy) is 1. The van der Waals surface area contributed by atoms with Crippen molar-refractivity contribution in [1.29, 1.82) is 0 Å². The molecule has 0 aliphatic carbocycles. The van der Waals surface area contributed by atoms with Gasteiger partial charge < -0.3 is 15.4 Å². The van der Waals surface area contributed by atoms with Crippen LogP contribution in [0.1, 0.15) is 20.8 Å². The fourth-order valence-corrected chi connectivity index (χ4v) is 2.22. The molecule has 122 valence electrons. The summed E-state index contributed by atoms with van der Waals surface area (Å²) in [5.41, 5.74) is -0.505. The number of rotatable bonds is 6. The van der Waals surface area contributed by atoms with E-state index in [0.717, 1.165) is 4.47 Å². The summed E-state index contributed by atoms with van der Waals surface area (Å²) >= 11 is 4.70. The number of hydrogen-bond acceptors (Lipinski definition) is 5. The molecule has 1 rings (SSSR count). The van der Waals surface area contributed by atoms with E-state index in [-0.39, 0.29) is 5.91 Å². The third-order valence-electron chi connectivity index (χ3n) is 2.14. The van der Waals surface area contributed by atoms with Crippen LogP contribution in [0.3, 0.4) is 0 Å². The van der Waals surface area contributed by atoms with Crippen molar-refractivity contribution < 1.29 is 14.3 Å². The van der Waals surface area contributed by atoms with Crippen LogP contribution in [0.4, 0.5) is 10.6 Å². The van der Waals surface area contributed by atoms with Gasteiger partial charge in [-0.15, -0.1) is 0 Å². The van der Waals surface area contributed by atoms with E-state index in [9.17, 15) is 9.59 Å². The lowest BCUT2D eigenvalue weighted by Gasteiger charge is -2.19. The first-order valence-electron chi connectivity index (χ1n) is 6.72. The number of aromatic nitrogens is 1. The third-order valence-corrected chi connectivity index (χ3v) is 3.57. The summed E-state index contributed by atoms with van der Waals surface area (Å²) in [6.45, 7) is 5.87. The second kappa shape index (κ2) is 8.99. The summed E-state index contributed by atoms with van der Waals surface area (Å²) < 4.78 is 5.96. The molecule has 0 bridgehead atoms. The van der Waals surface area contributed by atoms with Crippen LogP contribution < -0.4 is 10.6 Å². The molecule has 0 aliphatic heterocycles. The number of amides is 2. The van der Waals surface area contributed by atoms with Crippen molar-refractivity contribution in [1.82, 2.24) is 10.3 Å². The molecule has 0 atom stereocenters. The van der Waals surface area contributed by atoms with Gasteiger partial charge >= 0.3 is 6.09 Å². The van der Waals surface area contributed by atoms with Crippen LogP contribution in [-0.4, -0.2) is 40.6 Å². The average molecular weight is 390 g/mol. The maximum Gasteiger partial charge on any atom is 0.407 e. The van der Waals surface area contributed by atoms with E-state index in [1.165, 1.54) is 11.8 Å². The zero-order chi connectivity index (χ0) is 16.6. The van der Waals surface area contributed by atoms with Gasteiger partial charge in [0.1, 0.15) is 11.4 Å². The Labute approximate surface area is 142 Å². The van der Waals surface area contributed by atoms with Crippen molar-refractivity contribution in [3.05, 3.63) is 22.8 Å². The van der Waals surface area contributed by atoms with Gasteiger partial charge in [0.15, 0.2) is 0 Å². The van der Waals surface area contributed by atoms with Gasteiger partial charge in [-0.25, -0.2) is 9.78 Å². The van der Waals surface area contributed by atoms with Gasteiger partial charge in [0.2, 0.25) is 5.91 Å². The summed E-state index contributed by atoms with van der Waals surface area (Å²) in [5, 5.41) is 5.33. The monoisotopic (exact) mass is 389 g/mol. The largest absolute Gasteiger partial charge is 0.444 e. The number of alkyl carbamates (subject to hydrolysis) is 1. The molecule has 1 aromatic heterocycles. The fourth-order valence-electron chi connectivity index (χ4n) is 1.33. The Morgan fingerprint density at radius 1 is 1.36 bits per heavy atom. The predicted molar refractivity (Wildman–Crippen MR) is 92.1 cm³/mol. The fraction of sp³-hybridized carbons (Fsp3) is 0.500. The van der Waals surface area contributed by atoms with Crippen LogP contribution in [0, 0.1) is 0 Å². The van der Waals surface area contributed by atoms with Crippen molar-refractivity contribution in [3.8, 4) is 0 Å². The van der Waals surface area contributed by atoms with E-state index in [2.05, 4.69) is 31.5 Å². The number of anilines is 1. The summed E-state index contributed by atoms with van der Waals surface area (Å²) in [6.07, 6.45) is 1.17. The number of pyridine rings is 1. The smallest absolute Gasteiger partial charge is 0.407 e. The molecule has 1 heterocycles. The summed E-state index contributed by atoms with van der Waals surface area (Å²) in [7, 11) is 0. The highest BCUT2D eigenvalue weighted by atomic mass is 79.9. The molecule has 8 heteroatoms. The highest BCUT2D eigenvalue weighted by Crippen LogP contribution is 2.11. The van der Waals surface area contributed by atoms with E-state index in [4.69, 9.17) is 4.74 Å². The topological polar surface area (TPSA) is 80.3 Å². The van der Waals surface area contributed by atoms with Crippen LogP contribution in [0.25, 0.3) is 0 Å². The molecule has 0 saturated carbocycles. The molecule has 6 nitrogen and oxygen atoms in total. The molecular formula is C14H20BrN3O3S. The Bertz CT molecular complexity index is 503. The van der Waals surface area contributed by atoms with Crippen LogP contribution in [0.2, 0.25) is 0 Å². The molecule has 0 aliphatic rings. The van der Waals surface area contributed by atoms with Crippen LogP contribution in [0.15, 0.2) is 22.8 Å². The zero-order valence-electron chi connectivity index (χ0n) is 12.8. The molecule has 2 N–H and O–H groups in total. The Kier molecular flexibility index (Phi) is 7.67. The maximum atomic E-state index is 11.7. The highest BCUT2D eigenvalue weighted by molar-refractivity contribution is 9.10. The predicted octanol–water partition coefficient (Wildman–Crippen LogP) is 3.04. The summed E-state index contributed by atoms with van der Waals surface area (Å²) in [4.78, 5) is 27.1. The van der Waals surface area contributed by atoms with E-state index < -0.39 is 11.7 Å². The number of thioether (sulfide) groups is 1. The molecule has 0 fully saturated rings. The van der Waals surface area contributed by atoms with Gasteiger partial charge in [0.25, 0.3) is 0 Å². The zero-order valence-corrected chi connectivity index (χ0v) is 15.2. The van der Waals surface area contributed by atoms with Gasteiger partial charge in [-0.05, 0) is 48.8 Å². The highest BCUT2D eigenvalue weighted by Gasteiger charge is 2.15. The van der Waals surface area contributed by atoms with E-state index in [1.807, 2.05) is 20.8 Å². The van der Waals surface area contributed by atoms with E-state index in [1.54, 1.807) is 18.3 Å². The number of nitrogens with one attached hydrogen (secondary N) is 2. The van der Waals surface area contributed by atoms with Crippen LogP contribution in [0.5, 0.6) is 0 Å². The Morgan fingerprint density at radius 2 is 2.09 bits per heavy atom. The summed E-state index contributed by atoms with van der Waals surface area (Å²) in [5.74, 6) is 1.31. The first-order valence-corrected chi connectivity index (χ1v) is 8.67. The number of carbonyl (C=O) groups is 2. The number of halogens is 1. The van der Waals surface area contributed by atoms with Crippen molar-refractivity contribution in [3.63, 3.8) is 0 Å². The van der Waals surface area contributed by atoms with Crippen molar-refractivity contribution in [2.75, 3.05) is 23.4 Å². The molecule has 0 unspecified atom stereocenters. The number of hydrogen-bond donors (Lipinski definition) is 2. The first-order chi connectivity index (χ1) is 10.3. The minimum Gasteiger partial charge on any atom is -0.444 e. The molecule has 0 saturated heterocycles. The lowest BCUT2D eigenvalue weighted by molar-refractivity contribution is -0.113. The molecule has 22 heavy (non-hydrogen) atoms. The van der Waals surface area contributed by atoms with Gasteiger partial charge in [-0.2, -0.15) is 11.8 Å². The standard InChI is InChI=1S/C14H20BrN3O3S/c1-14(2,3)21-13(20)16-6-7-22-9-12(19)18-11-5-4-10(15)8-17-11/h4-5,8H,6-7,9H2,1-3H3,(H,16,20)(H,17,18,19). The van der Waals surface area contributed by atoms with Crippen molar-refractivity contribution in [2.45, 2.75) is 26.4 Å². The quantitative estimate of drug-likeness (QED) is 0.730. The molecule has 2 amide bonds. The van der Waals surface area contributed by atoms with Gasteiger partial charge in [0, 0.05) is 23.0 Å². The van der Waals surface area contributed by atoms with Crippen molar-refractivity contribution in [2.24, 2.45) is 0 Å². The lowest BCUT2D eigenvalue weighted by atomic mass is 10.2. The number of nitrogens with zero attached hydrogens (tertiary/aromatic N) is 1. The van der Waals surface area contributed by atoms with Crippen molar-refractivity contribution >= 4 is 45.5 Å². The first kappa shape index (κ1) is 18.8. The minimum absolute atomic E-state index is 0.128.